The number of aromatic nitrogens is 2. The summed E-state index contributed by atoms with van der Waals surface area (Å²) >= 11 is 5.21. The quantitative estimate of drug-likeness (QED) is 0.857. The van der Waals surface area contributed by atoms with Crippen LogP contribution in [0.2, 0.25) is 0 Å². The molecule has 0 radical (unpaired) electrons. The molecule has 0 amide bonds. The van der Waals surface area contributed by atoms with E-state index in [0.29, 0.717) is 22.8 Å². The first-order valence-electron chi connectivity index (χ1n) is 6.31. The van der Waals surface area contributed by atoms with Crippen molar-refractivity contribution in [3.8, 4) is 0 Å². The fourth-order valence-corrected chi connectivity index (χ4v) is 2.83. The molecule has 0 bridgehead atoms. The maximum Gasteiger partial charge on any atom is 0.184 e. The van der Waals surface area contributed by atoms with E-state index in [-0.39, 0.29) is 5.52 Å². The number of H-pyrrole nitrogens is 1. The molecule has 0 saturated carbocycles. The Morgan fingerprint density at radius 2 is 2.05 bits per heavy atom. The summed E-state index contributed by atoms with van der Waals surface area (Å²) in [4.78, 5) is 2.92. The van der Waals surface area contributed by atoms with Crippen molar-refractivity contribution in [2.75, 3.05) is 13.2 Å². The van der Waals surface area contributed by atoms with Gasteiger partial charge in [0.2, 0.25) is 0 Å². The van der Waals surface area contributed by atoms with E-state index in [1.165, 1.54) is 6.07 Å². The number of hydrogen-bond acceptors (Lipinski definition) is 2. The first kappa shape index (κ1) is 12.7. The Kier molecular flexibility index (Phi) is 3.36. The van der Waals surface area contributed by atoms with Crippen LogP contribution in [0.3, 0.4) is 0 Å². The molecule has 1 saturated heterocycles. The van der Waals surface area contributed by atoms with Gasteiger partial charge in [0.15, 0.2) is 16.4 Å². The summed E-state index contributed by atoms with van der Waals surface area (Å²) < 4.78 is 34.7. The van der Waals surface area contributed by atoms with E-state index >= 15 is 0 Å². The molecule has 1 fully saturated rings. The summed E-state index contributed by atoms with van der Waals surface area (Å²) in [6, 6.07) is 2.63. The smallest absolute Gasteiger partial charge is 0.184 e. The van der Waals surface area contributed by atoms with Gasteiger partial charge in [-0.1, -0.05) is 0 Å². The molecule has 0 spiro atoms. The van der Waals surface area contributed by atoms with Gasteiger partial charge in [-0.05, 0) is 43.1 Å². The molecule has 1 aliphatic rings. The maximum atomic E-state index is 13.9. The van der Waals surface area contributed by atoms with Crippen molar-refractivity contribution in [2.45, 2.75) is 19.4 Å². The summed E-state index contributed by atoms with van der Waals surface area (Å²) in [5.74, 6) is -1.29. The third kappa shape index (κ3) is 2.30. The number of ether oxygens (including phenoxy) is 1. The molecular weight excluding hydrogens is 270 g/mol. The summed E-state index contributed by atoms with van der Waals surface area (Å²) in [7, 11) is 0. The zero-order valence-corrected chi connectivity index (χ0v) is 11.1. The van der Waals surface area contributed by atoms with E-state index in [0.717, 1.165) is 32.1 Å². The number of fused-ring (bicyclic) bond motifs is 1. The molecule has 102 valence electrons. The second kappa shape index (κ2) is 5.02. The monoisotopic (exact) mass is 284 g/mol. The van der Waals surface area contributed by atoms with Gasteiger partial charge in [0.1, 0.15) is 5.52 Å². The Bertz CT molecular complexity index is 658. The first-order chi connectivity index (χ1) is 9.16. The predicted octanol–water partition coefficient (Wildman–Crippen LogP) is 3.40. The molecule has 0 aliphatic carbocycles. The van der Waals surface area contributed by atoms with E-state index in [2.05, 4.69) is 4.98 Å². The number of aromatic amines is 1. The Hall–Kier alpha value is -1.27. The lowest BCUT2D eigenvalue weighted by Crippen LogP contribution is -2.20. The van der Waals surface area contributed by atoms with Gasteiger partial charge in [0.05, 0.1) is 5.52 Å². The molecule has 19 heavy (non-hydrogen) atoms. The Labute approximate surface area is 114 Å². The van der Waals surface area contributed by atoms with Crippen molar-refractivity contribution in [1.29, 1.82) is 0 Å². The number of halogens is 2. The van der Waals surface area contributed by atoms with Gasteiger partial charge < -0.3 is 14.3 Å². The highest BCUT2D eigenvalue weighted by atomic mass is 32.1. The van der Waals surface area contributed by atoms with Crippen LogP contribution in [0.15, 0.2) is 12.1 Å². The SMILES string of the molecule is Fc1ccc2[nH]c(=S)n(CC3CCOCC3)c2c1F. The molecule has 2 aromatic rings. The molecule has 1 aromatic heterocycles. The van der Waals surface area contributed by atoms with Crippen molar-refractivity contribution in [2.24, 2.45) is 5.92 Å². The van der Waals surface area contributed by atoms with Crippen LogP contribution in [0.4, 0.5) is 8.78 Å². The van der Waals surface area contributed by atoms with E-state index in [1.807, 2.05) is 0 Å². The Balaban J connectivity index is 2.04. The standard InChI is InChI=1S/C13H14F2N2OS/c14-9-1-2-10-12(11(9)15)17(13(19)16-10)7-8-3-5-18-6-4-8/h1-2,8H,3-7H2,(H,16,19). The second-order valence-electron chi connectivity index (χ2n) is 4.85. The van der Waals surface area contributed by atoms with E-state index in [4.69, 9.17) is 17.0 Å². The minimum absolute atomic E-state index is 0.233. The number of nitrogens with zero attached hydrogens (tertiary/aromatic N) is 1. The Morgan fingerprint density at radius 3 is 2.79 bits per heavy atom. The Morgan fingerprint density at radius 1 is 1.32 bits per heavy atom. The van der Waals surface area contributed by atoms with Gasteiger partial charge in [0.25, 0.3) is 0 Å². The molecule has 1 aromatic carbocycles. The molecule has 0 atom stereocenters. The lowest BCUT2D eigenvalue weighted by atomic mass is 10.0. The summed E-state index contributed by atoms with van der Waals surface area (Å²) in [5.41, 5.74) is 0.771. The average Bonchev–Trinajstić information content (AvgIpc) is 2.73. The molecule has 1 N–H and O–H groups in total. The number of rotatable bonds is 2. The third-order valence-electron chi connectivity index (χ3n) is 3.61. The van der Waals surface area contributed by atoms with Crippen molar-refractivity contribution >= 4 is 23.3 Å². The minimum atomic E-state index is -0.845. The van der Waals surface area contributed by atoms with E-state index in [9.17, 15) is 8.78 Å². The van der Waals surface area contributed by atoms with Crippen molar-refractivity contribution in [3.05, 3.63) is 28.5 Å². The molecule has 3 nitrogen and oxygen atoms in total. The zero-order chi connectivity index (χ0) is 13.4. The van der Waals surface area contributed by atoms with E-state index < -0.39 is 11.6 Å². The fraction of sp³-hybridized carbons (Fsp3) is 0.462. The predicted molar refractivity (Wildman–Crippen MR) is 70.6 cm³/mol. The van der Waals surface area contributed by atoms with Crippen LogP contribution in [-0.2, 0) is 11.3 Å². The van der Waals surface area contributed by atoms with Gasteiger partial charge in [-0.25, -0.2) is 8.78 Å². The fourth-order valence-electron chi connectivity index (χ4n) is 2.55. The van der Waals surface area contributed by atoms with Crippen LogP contribution in [0.25, 0.3) is 11.0 Å². The van der Waals surface area contributed by atoms with Crippen LogP contribution in [0.5, 0.6) is 0 Å². The van der Waals surface area contributed by atoms with Gasteiger partial charge in [-0.3, -0.25) is 0 Å². The summed E-state index contributed by atoms with van der Waals surface area (Å²) in [6.07, 6.45) is 1.84. The lowest BCUT2D eigenvalue weighted by molar-refractivity contribution is 0.0614. The van der Waals surface area contributed by atoms with Crippen LogP contribution in [-0.4, -0.2) is 22.8 Å². The topological polar surface area (TPSA) is 29.9 Å². The number of nitrogens with one attached hydrogen (secondary N) is 1. The molecule has 2 heterocycles. The summed E-state index contributed by atoms with van der Waals surface area (Å²) in [6.45, 7) is 2.04. The maximum absolute atomic E-state index is 13.9. The van der Waals surface area contributed by atoms with Crippen LogP contribution >= 0.6 is 12.2 Å². The highest BCUT2D eigenvalue weighted by Crippen LogP contribution is 2.24. The minimum Gasteiger partial charge on any atom is -0.381 e. The highest BCUT2D eigenvalue weighted by molar-refractivity contribution is 7.71. The second-order valence-corrected chi connectivity index (χ2v) is 5.24. The number of hydrogen-bond donors (Lipinski definition) is 1. The van der Waals surface area contributed by atoms with Crippen LogP contribution in [0.1, 0.15) is 12.8 Å². The van der Waals surface area contributed by atoms with Gasteiger partial charge in [-0.15, -0.1) is 0 Å². The largest absolute Gasteiger partial charge is 0.381 e. The third-order valence-corrected chi connectivity index (χ3v) is 3.93. The van der Waals surface area contributed by atoms with Crippen molar-refractivity contribution in [3.63, 3.8) is 0 Å². The van der Waals surface area contributed by atoms with Crippen LogP contribution < -0.4 is 0 Å². The molecule has 0 unspecified atom stereocenters. The van der Waals surface area contributed by atoms with Crippen LogP contribution in [0, 0.1) is 22.3 Å². The van der Waals surface area contributed by atoms with Gasteiger partial charge in [0, 0.05) is 19.8 Å². The van der Waals surface area contributed by atoms with Crippen molar-refractivity contribution in [1.82, 2.24) is 9.55 Å². The average molecular weight is 284 g/mol. The summed E-state index contributed by atoms with van der Waals surface area (Å²) in [5, 5.41) is 0. The number of imidazole rings is 1. The lowest BCUT2D eigenvalue weighted by Gasteiger charge is -2.22. The molecular formula is C13H14F2N2OS. The van der Waals surface area contributed by atoms with Crippen molar-refractivity contribution < 1.29 is 13.5 Å². The highest BCUT2D eigenvalue weighted by Gasteiger charge is 2.19. The first-order valence-corrected chi connectivity index (χ1v) is 6.72. The van der Waals surface area contributed by atoms with Gasteiger partial charge >= 0.3 is 0 Å². The molecule has 6 heteroatoms. The normalized spacial score (nSPS) is 17.2. The van der Waals surface area contributed by atoms with Gasteiger partial charge in [-0.2, -0.15) is 0 Å². The molecule has 1 aliphatic heterocycles. The molecule has 3 rings (SSSR count). The van der Waals surface area contributed by atoms with E-state index in [1.54, 1.807) is 4.57 Å². The number of benzene rings is 1. The zero-order valence-electron chi connectivity index (χ0n) is 10.3.